The second kappa shape index (κ2) is 3.67. The van der Waals surface area contributed by atoms with Gasteiger partial charge in [0, 0.05) is 25.0 Å². The summed E-state index contributed by atoms with van der Waals surface area (Å²) in [5.74, 6) is 0.839. The Hall–Kier alpha value is -1.55. The van der Waals surface area contributed by atoms with Gasteiger partial charge in [0.25, 0.3) is 0 Å². The summed E-state index contributed by atoms with van der Waals surface area (Å²) >= 11 is 0. The van der Waals surface area contributed by atoms with Crippen molar-refractivity contribution in [2.75, 3.05) is 13.2 Å². The van der Waals surface area contributed by atoms with E-state index in [9.17, 15) is 0 Å². The lowest BCUT2D eigenvalue weighted by molar-refractivity contribution is 0.328. The second-order valence-electron chi connectivity index (χ2n) is 3.13. The molecule has 0 unspecified atom stereocenters. The molecule has 4 heteroatoms. The number of benzene rings is 1. The lowest BCUT2D eigenvalue weighted by atomic mass is 10.2. The van der Waals surface area contributed by atoms with Crippen LogP contribution in [0.3, 0.4) is 0 Å². The van der Waals surface area contributed by atoms with E-state index in [1.807, 2.05) is 36.1 Å². The predicted octanol–water partition coefficient (Wildman–Crippen LogP) is 0.911. The van der Waals surface area contributed by atoms with Crippen LogP contribution in [0.5, 0.6) is 5.75 Å². The van der Waals surface area contributed by atoms with Crippen LogP contribution in [0.2, 0.25) is 0 Å². The maximum Gasteiger partial charge on any atom is 0.121 e. The summed E-state index contributed by atoms with van der Waals surface area (Å²) in [6.07, 6.45) is 1.84. The molecule has 0 fully saturated rings. The third-order valence-corrected chi connectivity index (χ3v) is 2.11. The largest absolute Gasteiger partial charge is 0.492 e. The highest BCUT2D eigenvalue weighted by Gasteiger charge is 2.00. The fraction of sp³-hybridized carbons (Fsp3) is 0.300. The molecule has 0 radical (unpaired) electrons. The molecule has 2 aromatic rings. The van der Waals surface area contributed by atoms with Crippen LogP contribution in [0, 0.1) is 0 Å². The molecule has 0 saturated carbocycles. The Kier molecular flexibility index (Phi) is 2.37. The van der Waals surface area contributed by atoms with Crippen LogP contribution in [-0.4, -0.2) is 22.9 Å². The summed E-state index contributed by atoms with van der Waals surface area (Å²) in [5.41, 5.74) is 6.43. The fourth-order valence-corrected chi connectivity index (χ4v) is 1.39. The number of aryl methyl sites for hydroxylation is 1. The zero-order chi connectivity index (χ0) is 9.97. The van der Waals surface area contributed by atoms with Gasteiger partial charge in [0.15, 0.2) is 0 Å². The van der Waals surface area contributed by atoms with Gasteiger partial charge in [-0.3, -0.25) is 4.68 Å². The Morgan fingerprint density at radius 3 is 3.14 bits per heavy atom. The Morgan fingerprint density at radius 1 is 1.50 bits per heavy atom. The maximum atomic E-state index is 5.42. The Labute approximate surface area is 82.3 Å². The first-order valence-corrected chi connectivity index (χ1v) is 4.56. The van der Waals surface area contributed by atoms with E-state index in [4.69, 9.17) is 10.5 Å². The van der Waals surface area contributed by atoms with E-state index in [-0.39, 0.29) is 0 Å². The van der Waals surface area contributed by atoms with Crippen molar-refractivity contribution >= 4 is 10.9 Å². The number of nitrogens with zero attached hydrogens (tertiary/aromatic N) is 2. The van der Waals surface area contributed by atoms with Gasteiger partial charge in [0.1, 0.15) is 12.4 Å². The number of aromatic nitrogens is 2. The molecule has 1 aromatic carbocycles. The molecule has 0 atom stereocenters. The third-order valence-electron chi connectivity index (χ3n) is 2.11. The monoisotopic (exact) mass is 191 g/mol. The third kappa shape index (κ3) is 1.56. The van der Waals surface area contributed by atoms with Gasteiger partial charge in [0.2, 0.25) is 0 Å². The standard InChI is InChI=1S/C10H13N3O/c1-13-10-6-9(14-5-4-11)3-2-8(10)7-12-13/h2-3,6-7H,4-5,11H2,1H3. The van der Waals surface area contributed by atoms with Crippen molar-refractivity contribution in [2.24, 2.45) is 12.8 Å². The van der Waals surface area contributed by atoms with Crippen molar-refractivity contribution in [3.05, 3.63) is 24.4 Å². The van der Waals surface area contributed by atoms with E-state index in [2.05, 4.69) is 5.10 Å². The van der Waals surface area contributed by atoms with Gasteiger partial charge in [0.05, 0.1) is 11.7 Å². The summed E-state index contributed by atoms with van der Waals surface area (Å²) in [5, 5.41) is 5.27. The molecule has 0 saturated heterocycles. The molecule has 1 aromatic heterocycles. The average Bonchev–Trinajstić information content (AvgIpc) is 2.57. The molecule has 74 valence electrons. The van der Waals surface area contributed by atoms with E-state index >= 15 is 0 Å². The van der Waals surface area contributed by atoms with E-state index in [1.165, 1.54) is 0 Å². The van der Waals surface area contributed by atoms with Gasteiger partial charge in [-0.2, -0.15) is 5.10 Å². The summed E-state index contributed by atoms with van der Waals surface area (Å²) in [7, 11) is 1.91. The quantitative estimate of drug-likeness (QED) is 0.784. The van der Waals surface area contributed by atoms with Gasteiger partial charge >= 0.3 is 0 Å². The lowest BCUT2D eigenvalue weighted by Crippen LogP contribution is -2.10. The average molecular weight is 191 g/mol. The zero-order valence-corrected chi connectivity index (χ0v) is 8.10. The minimum absolute atomic E-state index is 0.531. The molecule has 14 heavy (non-hydrogen) atoms. The van der Waals surface area contributed by atoms with Crippen LogP contribution < -0.4 is 10.5 Å². The van der Waals surface area contributed by atoms with Gasteiger partial charge < -0.3 is 10.5 Å². The van der Waals surface area contributed by atoms with Crippen molar-refractivity contribution < 1.29 is 4.74 Å². The SMILES string of the molecule is Cn1ncc2ccc(OCCN)cc21. The van der Waals surface area contributed by atoms with E-state index < -0.39 is 0 Å². The van der Waals surface area contributed by atoms with Crippen LogP contribution in [0.15, 0.2) is 24.4 Å². The molecule has 0 aliphatic rings. The Morgan fingerprint density at radius 2 is 2.36 bits per heavy atom. The van der Waals surface area contributed by atoms with Crippen LogP contribution in [0.4, 0.5) is 0 Å². The van der Waals surface area contributed by atoms with Gasteiger partial charge in [-0.05, 0) is 12.1 Å². The molecule has 0 aliphatic carbocycles. The minimum atomic E-state index is 0.531. The molecule has 0 aliphatic heterocycles. The second-order valence-corrected chi connectivity index (χ2v) is 3.13. The molecule has 1 heterocycles. The number of nitrogens with two attached hydrogens (primary N) is 1. The Bertz CT molecular complexity index is 436. The summed E-state index contributed by atoms with van der Waals surface area (Å²) in [6.45, 7) is 1.08. The minimum Gasteiger partial charge on any atom is -0.492 e. The zero-order valence-electron chi connectivity index (χ0n) is 8.10. The van der Waals surface area contributed by atoms with E-state index in [0.29, 0.717) is 13.2 Å². The molecule has 0 amide bonds. The number of hydrogen-bond acceptors (Lipinski definition) is 3. The van der Waals surface area contributed by atoms with Crippen molar-refractivity contribution in [1.29, 1.82) is 0 Å². The molecule has 2 rings (SSSR count). The molecule has 2 N–H and O–H groups in total. The first kappa shape index (κ1) is 9.02. The first-order chi connectivity index (χ1) is 6.81. The van der Waals surface area contributed by atoms with Gasteiger partial charge in [-0.15, -0.1) is 0 Å². The van der Waals surface area contributed by atoms with Crippen molar-refractivity contribution in [1.82, 2.24) is 9.78 Å². The summed E-state index contributed by atoms with van der Waals surface area (Å²) in [6, 6.07) is 5.89. The number of rotatable bonds is 3. The molecule has 0 bridgehead atoms. The summed E-state index contributed by atoms with van der Waals surface area (Å²) in [4.78, 5) is 0. The molecule has 4 nitrogen and oxygen atoms in total. The topological polar surface area (TPSA) is 53.1 Å². The van der Waals surface area contributed by atoms with Crippen molar-refractivity contribution in [2.45, 2.75) is 0 Å². The highest BCUT2D eigenvalue weighted by Crippen LogP contribution is 2.19. The van der Waals surface area contributed by atoms with Crippen LogP contribution in [0.25, 0.3) is 10.9 Å². The molecular weight excluding hydrogens is 178 g/mol. The summed E-state index contributed by atoms with van der Waals surface area (Å²) < 4.78 is 7.25. The smallest absolute Gasteiger partial charge is 0.121 e. The van der Waals surface area contributed by atoms with Gasteiger partial charge in [-0.1, -0.05) is 0 Å². The van der Waals surface area contributed by atoms with Gasteiger partial charge in [-0.25, -0.2) is 0 Å². The fourth-order valence-electron chi connectivity index (χ4n) is 1.39. The van der Waals surface area contributed by atoms with Crippen molar-refractivity contribution in [3.63, 3.8) is 0 Å². The predicted molar refractivity (Wildman–Crippen MR) is 55.3 cm³/mol. The van der Waals surface area contributed by atoms with Crippen LogP contribution in [0.1, 0.15) is 0 Å². The maximum absolute atomic E-state index is 5.42. The number of ether oxygens (including phenoxy) is 1. The van der Waals surface area contributed by atoms with E-state index in [1.54, 1.807) is 0 Å². The molecular formula is C10H13N3O. The normalized spacial score (nSPS) is 10.7. The first-order valence-electron chi connectivity index (χ1n) is 4.56. The van der Waals surface area contributed by atoms with E-state index in [0.717, 1.165) is 16.7 Å². The number of fused-ring (bicyclic) bond motifs is 1. The highest BCUT2D eigenvalue weighted by molar-refractivity contribution is 5.79. The van der Waals surface area contributed by atoms with Crippen molar-refractivity contribution in [3.8, 4) is 5.75 Å². The number of hydrogen-bond donors (Lipinski definition) is 1. The highest BCUT2D eigenvalue weighted by atomic mass is 16.5. The van der Waals surface area contributed by atoms with Crippen LogP contribution >= 0.6 is 0 Å². The Balaban J connectivity index is 2.34. The molecule has 0 spiro atoms. The lowest BCUT2D eigenvalue weighted by Gasteiger charge is -2.04. The van der Waals surface area contributed by atoms with Crippen LogP contribution in [-0.2, 0) is 7.05 Å².